The van der Waals surface area contributed by atoms with Crippen LogP contribution >= 0.6 is 24.0 Å². The molecule has 0 aromatic heterocycles. The van der Waals surface area contributed by atoms with E-state index in [1.807, 2.05) is 19.9 Å². The van der Waals surface area contributed by atoms with Gasteiger partial charge in [0.25, 0.3) is 0 Å². The van der Waals surface area contributed by atoms with E-state index in [9.17, 15) is 5.11 Å². The second-order valence-corrected chi connectivity index (χ2v) is 7.93. The van der Waals surface area contributed by atoms with Gasteiger partial charge >= 0.3 is 0 Å². The molecule has 1 atom stereocenters. The molecular weight excluding hydrogens is 495 g/mol. The number of aliphatic imine (C=N–C) groups is 1. The largest absolute Gasteiger partial charge is 0.493 e. The fourth-order valence-electron chi connectivity index (χ4n) is 3.36. The van der Waals surface area contributed by atoms with Crippen molar-refractivity contribution >= 4 is 29.9 Å². The van der Waals surface area contributed by atoms with Crippen LogP contribution in [0.3, 0.4) is 0 Å². The Labute approximate surface area is 198 Å². The number of para-hydroxylation sites is 1. The lowest BCUT2D eigenvalue weighted by Crippen LogP contribution is -2.48. The zero-order valence-corrected chi connectivity index (χ0v) is 21.2. The van der Waals surface area contributed by atoms with Gasteiger partial charge in [-0.15, -0.1) is 24.0 Å². The first-order chi connectivity index (χ1) is 13.9. The summed E-state index contributed by atoms with van der Waals surface area (Å²) in [6.07, 6.45) is 0.863. The maximum absolute atomic E-state index is 10.7. The summed E-state index contributed by atoms with van der Waals surface area (Å²) in [7, 11) is 0. The molecule has 1 aromatic carbocycles. The van der Waals surface area contributed by atoms with Crippen molar-refractivity contribution in [2.75, 3.05) is 59.1 Å². The van der Waals surface area contributed by atoms with Crippen molar-refractivity contribution in [2.45, 2.75) is 39.7 Å². The molecule has 30 heavy (non-hydrogen) atoms. The summed E-state index contributed by atoms with van der Waals surface area (Å²) in [5.74, 6) is 1.70. The number of rotatable bonds is 10. The molecule has 0 saturated carbocycles. The number of β-amino-alcohol motifs (C(OH)–C–C–N with tert-alkyl or cyclic N) is 1. The molecule has 1 aliphatic rings. The van der Waals surface area contributed by atoms with E-state index in [-0.39, 0.29) is 24.0 Å². The van der Waals surface area contributed by atoms with Crippen molar-refractivity contribution < 1.29 is 14.6 Å². The van der Waals surface area contributed by atoms with E-state index in [1.165, 1.54) is 0 Å². The first-order valence-electron chi connectivity index (χ1n) is 10.6. The molecule has 2 rings (SSSR count). The van der Waals surface area contributed by atoms with Gasteiger partial charge in [-0.05, 0) is 45.2 Å². The van der Waals surface area contributed by atoms with Gasteiger partial charge in [0.1, 0.15) is 5.75 Å². The maximum Gasteiger partial charge on any atom is 0.191 e. The number of morpholine rings is 1. The molecule has 0 spiro atoms. The van der Waals surface area contributed by atoms with Crippen LogP contribution in [0.2, 0.25) is 0 Å². The minimum absolute atomic E-state index is 0. The van der Waals surface area contributed by atoms with Gasteiger partial charge in [0.05, 0.1) is 32.0 Å². The monoisotopic (exact) mass is 534 g/mol. The van der Waals surface area contributed by atoms with E-state index in [0.717, 1.165) is 68.6 Å². The SMILES string of the molecule is CCNC(=NCC(C)(O)CN1CCOCC1)NCCCOc1c(C)cccc1C.I. The highest BCUT2D eigenvalue weighted by molar-refractivity contribution is 14.0. The zero-order chi connectivity index (χ0) is 21.1. The number of aliphatic hydroxyl groups is 1. The molecule has 0 radical (unpaired) electrons. The Morgan fingerprint density at radius 3 is 2.53 bits per heavy atom. The standard InChI is InChI=1S/C22H38N4O3.HI/c1-5-23-21(25-16-22(4,27)17-26-11-14-28-15-12-26)24-10-7-13-29-20-18(2)8-6-9-19(20)3;/h6,8-9,27H,5,7,10-17H2,1-4H3,(H2,23,24,25);1H. The maximum atomic E-state index is 10.7. The Bertz CT molecular complexity index is 629. The third-order valence-electron chi connectivity index (χ3n) is 4.86. The van der Waals surface area contributed by atoms with Crippen LogP contribution in [0.4, 0.5) is 0 Å². The lowest BCUT2D eigenvalue weighted by Gasteiger charge is -2.33. The Kier molecular flexibility index (Phi) is 12.6. The summed E-state index contributed by atoms with van der Waals surface area (Å²) in [6.45, 7) is 14.3. The van der Waals surface area contributed by atoms with E-state index in [0.29, 0.717) is 19.7 Å². The summed E-state index contributed by atoms with van der Waals surface area (Å²) < 4.78 is 11.3. The number of ether oxygens (including phenoxy) is 2. The smallest absolute Gasteiger partial charge is 0.191 e. The molecule has 0 amide bonds. The normalized spacial score (nSPS) is 17.0. The molecule has 172 valence electrons. The van der Waals surface area contributed by atoms with Crippen molar-refractivity contribution in [3.8, 4) is 5.75 Å². The van der Waals surface area contributed by atoms with E-state index in [4.69, 9.17) is 9.47 Å². The van der Waals surface area contributed by atoms with Crippen LogP contribution in [-0.4, -0.2) is 80.7 Å². The number of nitrogens with one attached hydrogen (secondary N) is 2. The predicted molar refractivity (Wildman–Crippen MR) is 133 cm³/mol. The van der Waals surface area contributed by atoms with Gasteiger partial charge in [0.15, 0.2) is 5.96 Å². The number of benzene rings is 1. The predicted octanol–water partition coefficient (Wildman–Crippen LogP) is 2.33. The summed E-state index contributed by atoms with van der Waals surface area (Å²) in [4.78, 5) is 6.81. The highest BCUT2D eigenvalue weighted by Crippen LogP contribution is 2.22. The molecule has 8 heteroatoms. The van der Waals surface area contributed by atoms with Crippen molar-refractivity contribution in [1.29, 1.82) is 0 Å². The summed E-state index contributed by atoms with van der Waals surface area (Å²) in [6, 6.07) is 6.19. The second-order valence-electron chi connectivity index (χ2n) is 7.93. The average Bonchev–Trinajstić information content (AvgIpc) is 2.68. The van der Waals surface area contributed by atoms with E-state index >= 15 is 0 Å². The average molecular weight is 534 g/mol. The minimum Gasteiger partial charge on any atom is -0.493 e. The third-order valence-corrected chi connectivity index (χ3v) is 4.86. The van der Waals surface area contributed by atoms with Crippen LogP contribution < -0.4 is 15.4 Å². The summed E-state index contributed by atoms with van der Waals surface area (Å²) >= 11 is 0. The fourth-order valence-corrected chi connectivity index (χ4v) is 3.36. The van der Waals surface area contributed by atoms with Gasteiger partial charge < -0.3 is 25.2 Å². The van der Waals surface area contributed by atoms with Gasteiger partial charge in [-0.3, -0.25) is 9.89 Å². The zero-order valence-electron chi connectivity index (χ0n) is 18.9. The number of aryl methyl sites for hydroxylation is 2. The molecule has 1 unspecified atom stereocenters. The lowest BCUT2D eigenvalue weighted by atomic mass is 10.1. The van der Waals surface area contributed by atoms with Crippen LogP contribution in [0.15, 0.2) is 23.2 Å². The van der Waals surface area contributed by atoms with Crippen molar-refractivity contribution in [3.63, 3.8) is 0 Å². The van der Waals surface area contributed by atoms with Gasteiger partial charge in [0, 0.05) is 32.7 Å². The topological polar surface area (TPSA) is 78.4 Å². The quantitative estimate of drug-likeness (QED) is 0.185. The number of hydrogen-bond donors (Lipinski definition) is 3. The first-order valence-corrected chi connectivity index (χ1v) is 10.6. The van der Waals surface area contributed by atoms with E-state index in [1.54, 1.807) is 0 Å². The number of halogens is 1. The van der Waals surface area contributed by atoms with Gasteiger partial charge in [0.2, 0.25) is 0 Å². The summed E-state index contributed by atoms with van der Waals surface area (Å²) in [5, 5.41) is 17.3. The highest BCUT2D eigenvalue weighted by Gasteiger charge is 2.25. The van der Waals surface area contributed by atoms with E-state index < -0.39 is 5.60 Å². The Hall–Kier alpha value is -1.10. The second kappa shape index (κ2) is 14.1. The molecular formula is C22H39IN4O3. The van der Waals surface area contributed by atoms with Crippen molar-refractivity contribution in [3.05, 3.63) is 29.3 Å². The number of nitrogens with zero attached hydrogens (tertiary/aromatic N) is 2. The van der Waals surface area contributed by atoms with Gasteiger partial charge in [-0.1, -0.05) is 18.2 Å². The Morgan fingerprint density at radius 1 is 1.23 bits per heavy atom. The summed E-state index contributed by atoms with van der Waals surface area (Å²) in [5.41, 5.74) is 1.45. The van der Waals surface area contributed by atoms with Crippen LogP contribution in [0.5, 0.6) is 5.75 Å². The molecule has 0 aliphatic carbocycles. The van der Waals surface area contributed by atoms with Crippen LogP contribution in [0, 0.1) is 13.8 Å². The first kappa shape index (κ1) is 26.9. The molecule has 3 N–H and O–H groups in total. The molecule has 1 aliphatic heterocycles. The van der Waals surface area contributed by atoms with Gasteiger partial charge in [-0.2, -0.15) is 0 Å². The number of hydrogen-bond acceptors (Lipinski definition) is 5. The van der Waals surface area contributed by atoms with Gasteiger partial charge in [-0.25, -0.2) is 0 Å². The Balaban J connectivity index is 0.00000450. The fraction of sp³-hybridized carbons (Fsp3) is 0.682. The Morgan fingerprint density at radius 2 is 1.90 bits per heavy atom. The van der Waals surface area contributed by atoms with Crippen LogP contribution in [0.25, 0.3) is 0 Å². The van der Waals surface area contributed by atoms with Crippen LogP contribution in [-0.2, 0) is 4.74 Å². The minimum atomic E-state index is -0.870. The van der Waals surface area contributed by atoms with E-state index in [2.05, 4.69) is 46.5 Å². The molecule has 7 nitrogen and oxygen atoms in total. The molecule has 1 heterocycles. The third kappa shape index (κ3) is 9.80. The molecule has 1 saturated heterocycles. The molecule has 1 fully saturated rings. The van der Waals surface area contributed by atoms with Crippen molar-refractivity contribution in [1.82, 2.24) is 15.5 Å². The lowest BCUT2D eigenvalue weighted by molar-refractivity contribution is -0.0180. The van der Waals surface area contributed by atoms with Crippen molar-refractivity contribution in [2.24, 2.45) is 4.99 Å². The molecule has 1 aromatic rings. The number of guanidine groups is 1. The molecule has 0 bridgehead atoms. The van der Waals surface area contributed by atoms with Crippen LogP contribution in [0.1, 0.15) is 31.4 Å². The highest BCUT2D eigenvalue weighted by atomic mass is 127.